The fraction of sp³-hybridized carbons (Fsp3) is 0.300. The Bertz CT molecular complexity index is 270. The van der Waals surface area contributed by atoms with Crippen LogP contribution in [0.15, 0.2) is 30.3 Å². The molecule has 0 heterocycles. The number of hydrogen-bond donors (Lipinski definition) is 1. The van der Waals surface area contributed by atoms with E-state index in [0.717, 1.165) is 5.56 Å². The summed E-state index contributed by atoms with van der Waals surface area (Å²) in [6, 6.07) is 9.57. The molecule has 0 amide bonds. The van der Waals surface area contributed by atoms with Crippen LogP contribution in [0.4, 0.5) is 0 Å². The maximum absolute atomic E-state index is 11.0. The lowest BCUT2D eigenvalue weighted by Gasteiger charge is -2.05. The lowest BCUT2D eigenvalue weighted by molar-refractivity contribution is -0.143. The van der Waals surface area contributed by atoms with E-state index in [1.807, 2.05) is 30.3 Å². The molecule has 0 N–H and O–H groups in total. The maximum Gasteiger partial charge on any atom is 0.318 e. The number of thiol groups is 1. The lowest BCUT2D eigenvalue weighted by atomic mass is 10.2. The Hall–Kier alpha value is -0.960. The molecule has 1 aromatic carbocycles. The van der Waals surface area contributed by atoms with Crippen molar-refractivity contribution < 1.29 is 9.53 Å². The predicted molar refractivity (Wildman–Crippen MR) is 54.7 cm³/mol. The SMILES string of the molecule is CC(S)C(=O)OCc1ccccc1. The van der Waals surface area contributed by atoms with Crippen molar-refractivity contribution in [2.45, 2.75) is 18.8 Å². The standard InChI is InChI=1S/C10H12O2S/c1-8(13)10(11)12-7-9-5-3-2-4-6-9/h2-6,8,13H,7H2,1H3. The average Bonchev–Trinajstić information content (AvgIpc) is 2.15. The van der Waals surface area contributed by atoms with E-state index in [9.17, 15) is 4.79 Å². The minimum atomic E-state index is -0.358. The summed E-state index contributed by atoms with van der Waals surface area (Å²) in [7, 11) is 0. The van der Waals surface area contributed by atoms with Crippen LogP contribution < -0.4 is 0 Å². The molecule has 1 aromatic rings. The highest BCUT2D eigenvalue weighted by atomic mass is 32.1. The molecule has 0 bridgehead atoms. The first-order valence-electron chi connectivity index (χ1n) is 4.09. The third-order valence-corrected chi connectivity index (χ3v) is 1.78. The Morgan fingerprint density at radius 3 is 2.62 bits per heavy atom. The highest BCUT2D eigenvalue weighted by Gasteiger charge is 2.08. The van der Waals surface area contributed by atoms with E-state index in [2.05, 4.69) is 12.6 Å². The van der Waals surface area contributed by atoms with Crippen LogP contribution in [0, 0.1) is 0 Å². The molecular formula is C10H12O2S. The molecule has 13 heavy (non-hydrogen) atoms. The fourth-order valence-electron chi connectivity index (χ4n) is 0.849. The van der Waals surface area contributed by atoms with Crippen LogP contribution in [0.5, 0.6) is 0 Å². The molecule has 2 nitrogen and oxygen atoms in total. The van der Waals surface area contributed by atoms with Crippen LogP contribution in [-0.2, 0) is 16.1 Å². The molecule has 3 heteroatoms. The first kappa shape index (κ1) is 10.1. The van der Waals surface area contributed by atoms with Gasteiger partial charge in [0.25, 0.3) is 0 Å². The number of carbonyl (C=O) groups excluding carboxylic acids is 1. The Labute approximate surface area is 83.3 Å². The van der Waals surface area contributed by atoms with Gasteiger partial charge < -0.3 is 4.74 Å². The quantitative estimate of drug-likeness (QED) is 0.591. The number of ether oxygens (including phenoxy) is 1. The van der Waals surface area contributed by atoms with Gasteiger partial charge in [-0.3, -0.25) is 4.79 Å². The molecule has 0 fully saturated rings. The van der Waals surface area contributed by atoms with Crippen LogP contribution in [0.1, 0.15) is 12.5 Å². The van der Waals surface area contributed by atoms with Crippen LogP contribution >= 0.6 is 12.6 Å². The molecule has 1 rings (SSSR count). The van der Waals surface area contributed by atoms with Gasteiger partial charge in [0, 0.05) is 0 Å². The molecule has 0 saturated carbocycles. The molecule has 1 atom stereocenters. The summed E-state index contributed by atoms with van der Waals surface area (Å²) in [6.45, 7) is 2.01. The first-order valence-corrected chi connectivity index (χ1v) is 4.60. The average molecular weight is 196 g/mol. The van der Waals surface area contributed by atoms with Crippen LogP contribution in [0.3, 0.4) is 0 Å². The third kappa shape index (κ3) is 3.51. The lowest BCUT2D eigenvalue weighted by Crippen LogP contribution is -2.14. The summed E-state index contributed by atoms with van der Waals surface area (Å²) in [5.41, 5.74) is 0.991. The predicted octanol–water partition coefficient (Wildman–Crippen LogP) is 2.05. The van der Waals surface area contributed by atoms with E-state index in [4.69, 9.17) is 4.74 Å². The second-order valence-corrected chi connectivity index (χ2v) is 3.54. The highest BCUT2D eigenvalue weighted by molar-refractivity contribution is 7.81. The Morgan fingerprint density at radius 1 is 1.46 bits per heavy atom. The molecule has 0 aromatic heterocycles. The number of carbonyl (C=O) groups is 1. The van der Waals surface area contributed by atoms with Crippen molar-refractivity contribution in [1.82, 2.24) is 0 Å². The van der Waals surface area contributed by atoms with E-state index in [-0.39, 0.29) is 11.2 Å². The van der Waals surface area contributed by atoms with Crippen molar-refractivity contribution in [2.75, 3.05) is 0 Å². The number of hydrogen-bond acceptors (Lipinski definition) is 3. The van der Waals surface area contributed by atoms with Gasteiger partial charge in [0.2, 0.25) is 0 Å². The zero-order valence-electron chi connectivity index (χ0n) is 7.43. The smallest absolute Gasteiger partial charge is 0.318 e. The van der Waals surface area contributed by atoms with Crippen molar-refractivity contribution in [3.8, 4) is 0 Å². The summed E-state index contributed by atoms with van der Waals surface area (Å²) in [6.07, 6.45) is 0. The minimum absolute atomic E-state index is 0.285. The number of rotatable bonds is 3. The molecule has 70 valence electrons. The third-order valence-electron chi connectivity index (χ3n) is 1.57. The summed E-state index contributed by atoms with van der Waals surface area (Å²) in [4.78, 5) is 11.0. The van der Waals surface area contributed by atoms with Gasteiger partial charge in [-0.25, -0.2) is 0 Å². The van der Waals surface area contributed by atoms with Gasteiger partial charge >= 0.3 is 5.97 Å². The van der Waals surface area contributed by atoms with E-state index in [1.54, 1.807) is 6.92 Å². The van der Waals surface area contributed by atoms with Crippen LogP contribution in [0.2, 0.25) is 0 Å². The monoisotopic (exact) mass is 196 g/mol. The fourth-order valence-corrected chi connectivity index (χ4v) is 0.924. The first-order chi connectivity index (χ1) is 6.20. The molecule has 0 aliphatic heterocycles. The highest BCUT2D eigenvalue weighted by Crippen LogP contribution is 2.03. The maximum atomic E-state index is 11.0. The Kier molecular flexibility index (Phi) is 3.83. The molecular weight excluding hydrogens is 184 g/mol. The van der Waals surface area contributed by atoms with E-state index < -0.39 is 0 Å². The second-order valence-electron chi connectivity index (χ2n) is 2.77. The van der Waals surface area contributed by atoms with E-state index >= 15 is 0 Å². The van der Waals surface area contributed by atoms with Crippen LogP contribution in [-0.4, -0.2) is 11.2 Å². The Balaban J connectivity index is 2.40. The van der Waals surface area contributed by atoms with Crippen molar-refractivity contribution in [3.05, 3.63) is 35.9 Å². The summed E-state index contributed by atoms with van der Waals surface area (Å²) in [5, 5.41) is -0.358. The van der Waals surface area contributed by atoms with Crippen molar-refractivity contribution in [3.63, 3.8) is 0 Å². The van der Waals surface area contributed by atoms with Gasteiger partial charge in [0.1, 0.15) is 6.61 Å². The molecule has 0 radical (unpaired) electrons. The van der Waals surface area contributed by atoms with E-state index in [1.165, 1.54) is 0 Å². The van der Waals surface area contributed by atoms with Gasteiger partial charge in [-0.2, -0.15) is 12.6 Å². The minimum Gasteiger partial charge on any atom is -0.460 e. The molecule has 0 spiro atoms. The van der Waals surface area contributed by atoms with Crippen LogP contribution in [0.25, 0.3) is 0 Å². The van der Waals surface area contributed by atoms with Gasteiger partial charge in [-0.15, -0.1) is 0 Å². The largest absolute Gasteiger partial charge is 0.460 e. The van der Waals surface area contributed by atoms with E-state index in [0.29, 0.717) is 6.61 Å². The van der Waals surface area contributed by atoms with Gasteiger partial charge in [-0.1, -0.05) is 30.3 Å². The normalized spacial score (nSPS) is 12.2. The number of benzene rings is 1. The second kappa shape index (κ2) is 4.92. The summed E-state index contributed by atoms with van der Waals surface area (Å²) < 4.78 is 4.97. The molecule has 0 aliphatic carbocycles. The van der Waals surface area contributed by atoms with Gasteiger partial charge in [0.15, 0.2) is 0 Å². The summed E-state index contributed by atoms with van der Waals surface area (Å²) in [5.74, 6) is -0.285. The zero-order chi connectivity index (χ0) is 9.68. The van der Waals surface area contributed by atoms with Crippen molar-refractivity contribution in [2.24, 2.45) is 0 Å². The molecule has 0 aliphatic rings. The summed E-state index contributed by atoms with van der Waals surface area (Å²) >= 11 is 3.96. The topological polar surface area (TPSA) is 26.3 Å². The number of esters is 1. The van der Waals surface area contributed by atoms with Crippen molar-refractivity contribution >= 4 is 18.6 Å². The molecule has 0 saturated heterocycles. The zero-order valence-corrected chi connectivity index (χ0v) is 8.33. The van der Waals surface area contributed by atoms with Gasteiger partial charge in [-0.05, 0) is 12.5 Å². The Morgan fingerprint density at radius 2 is 2.08 bits per heavy atom. The van der Waals surface area contributed by atoms with Gasteiger partial charge in [0.05, 0.1) is 5.25 Å². The van der Waals surface area contributed by atoms with Crippen molar-refractivity contribution in [1.29, 1.82) is 0 Å². The molecule has 1 unspecified atom stereocenters.